The summed E-state index contributed by atoms with van der Waals surface area (Å²) in [5.74, 6) is 0.962. The molecule has 2 rings (SSSR count). The minimum atomic E-state index is -0.545. The van der Waals surface area contributed by atoms with Gasteiger partial charge in [-0.15, -0.1) is 0 Å². The van der Waals surface area contributed by atoms with E-state index in [9.17, 15) is 4.79 Å². The van der Waals surface area contributed by atoms with Gasteiger partial charge in [-0.2, -0.15) is 0 Å². The summed E-state index contributed by atoms with van der Waals surface area (Å²) in [5, 5.41) is 0. The Kier molecular flexibility index (Phi) is 4.54. The average Bonchev–Trinajstić information content (AvgIpc) is 2.49. The highest BCUT2D eigenvalue weighted by molar-refractivity contribution is 5.86. The molecule has 21 heavy (non-hydrogen) atoms. The third-order valence-corrected chi connectivity index (χ3v) is 4.36. The van der Waals surface area contributed by atoms with Gasteiger partial charge in [-0.25, -0.2) is 0 Å². The number of nitrogens with zero attached hydrogens (tertiary/aromatic N) is 2. The van der Waals surface area contributed by atoms with Crippen LogP contribution in [0.15, 0.2) is 24.3 Å². The molecule has 5 nitrogen and oxygen atoms in total. The summed E-state index contributed by atoms with van der Waals surface area (Å²) < 4.78 is 5.19. The first-order chi connectivity index (χ1) is 9.91. The van der Waals surface area contributed by atoms with Gasteiger partial charge in [0.1, 0.15) is 5.75 Å². The van der Waals surface area contributed by atoms with Crippen LogP contribution in [0.2, 0.25) is 0 Å². The minimum Gasteiger partial charge on any atom is -0.497 e. The van der Waals surface area contributed by atoms with E-state index in [1.807, 2.05) is 45.2 Å². The molecule has 0 aromatic heterocycles. The number of hydrogen-bond acceptors (Lipinski definition) is 4. The van der Waals surface area contributed by atoms with Gasteiger partial charge in [0.25, 0.3) is 0 Å². The quantitative estimate of drug-likeness (QED) is 0.907. The highest BCUT2D eigenvalue weighted by atomic mass is 16.5. The molecule has 0 aliphatic carbocycles. The molecule has 1 aromatic rings. The Morgan fingerprint density at radius 2 is 1.90 bits per heavy atom. The number of ether oxygens (including phenoxy) is 1. The summed E-state index contributed by atoms with van der Waals surface area (Å²) in [6.45, 7) is 5.97. The van der Waals surface area contributed by atoms with Gasteiger partial charge in [-0.1, -0.05) is 12.1 Å². The Bertz CT molecular complexity index is 499. The lowest BCUT2D eigenvalue weighted by atomic mass is 9.92. The molecular weight excluding hydrogens is 266 g/mol. The Morgan fingerprint density at radius 1 is 1.29 bits per heavy atom. The van der Waals surface area contributed by atoms with Crippen LogP contribution in [0.1, 0.15) is 25.5 Å². The molecule has 1 saturated heterocycles. The molecule has 1 heterocycles. The Hall–Kier alpha value is -1.59. The predicted molar refractivity (Wildman–Crippen MR) is 83.2 cm³/mol. The van der Waals surface area contributed by atoms with Crippen LogP contribution >= 0.6 is 0 Å². The van der Waals surface area contributed by atoms with Crippen molar-refractivity contribution in [2.24, 2.45) is 5.73 Å². The molecule has 0 bridgehead atoms. The normalized spacial score (nSPS) is 20.4. The van der Waals surface area contributed by atoms with Gasteiger partial charge in [0.15, 0.2) is 0 Å². The van der Waals surface area contributed by atoms with E-state index in [0.717, 1.165) is 24.4 Å². The third-order valence-electron chi connectivity index (χ3n) is 4.36. The second-order valence-electron chi connectivity index (χ2n) is 6.00. The average molecular weight is 291 g/mol. The lowest BCUT2D eigenvalue weighted by molar-refractivity contribution is -0.149. The standard InChI is InChI=1S/C16H25N3O2/c1-16(2)15(20)18(3)9-10-19(16)14(11-17)12-5-7-13(21-4)8-6-12/h5-8,14H,9-11,17H2,1-4H3. The minimum absolute atomic E-state index is 0.0311. The van der Waals surface area contributed by atoms with Crippen LogP contribution in [0.5, 0.6) is 5.75 Å². The molecule has 1 aliphatic heterocycles. The van der Waals surface area contributed by atoms with E-state index in [1.165, 1.54) is 0 Å². The van der Waals surface area contributed by atoms with E-state index in [2.05, 4.69) is 4.90 Å². The van der Waals surface area contributed by atoms with Crippen LogP contribution in [0, 0.1) is 0 Å². The number of piperazine rings is 1. The molecule has 116 valence electrons. The maximum Gasteiger partial charge on any atom is 0.242 e. The Labute approximate surface area is 126 Å². The van der Waals surface area contributed by atoms with Crippen molar-refractivity contribution in [2.75, 3.05) is 33.8 Å². The van der Waals surface area contributed by atoms with E-state index < -0.39 is 5.54 Å². The molecule has 2 N–H and O–H groups in total. The van der Waals surface area contributed by atoms with Crippen molar-refractivity contribution < 1.29 is 9.53 Å². The number of methoxy groups -OCH3 is 1. The number of amides is 1. The first-order valence-electron chi connectivity index (χ1n) is 7.28. The van der Waals surface area contributed by atoms with E-state index in [0.29, 0.717) is 6.54 Å². The van der Waals surface area contributed by atoms with Crippen molar-refractivity contribution in [3.05, 3.63) is 29.8 Å². The molecular formula is C16H25N3O2. The van der Waals surface area contributed by atoms with Crippen molar-refractivity contribution in [1.29, 1.82) is 0 Å². The smallest absolute Gasteiger partial charge is 0.242 e. The number of likely N-dealkylation sites (N-methyl/N-ethyl adjacent to an activating group) is 1. The SMILES string of the molecule is COc1ccc(C(CN)N2CCN(C)C(=O)C2(C)C)cc1. The molecule has 0 saturated carbocycles. The largest absolute Gasteiger partial charge is 0.497 e. The molecule has 0 radical (unpaired) electrons. The van der Waals surface area contributed by atoms with Crippen LogP contribution < -0.4 is 10.5 Å². The molecule has 1 amide bonds. The van der Waals surface area contributed by atoms with E-state index >= 15 is 0 Å². The summed E-state index contributed by atoms with van der Waals surface area (Å²) in [5.41, 5.74) is 6.58. The first-order valence-corrected chi connectivity index (χ1v) is 7.28. The van der Waals surface area contributed by atoms with Crippen molar-refractivity contribution in [3.63, 3.8) is 0 Å². The monoisotopic (exact) mass is 291 g/mol. The van der Waals surface area contributed by atoms with Crippen molar-refractivity contribution in [3.8, 4) is 5.75 Å². The van der Waals surface area contributed by atoms with Gasteiger partial charge in [-0.05, 0) is 31.5 Å². The van der Waals surface area contributed by atoms with Crippen molar-refractivity contribution in [1.82, 2.24) is 9.80 Å². The fraction of sp³-hybridized carbons (Fsp3) is 0.562. The maximum absolute atomic E-state index is 12.4. The summed E-state index contributed by atoms with van der Waals surface area (Å²) in [6.07, 6.45) is 0. The summed E-state index contributed by atoms with van der Waals surface area (Å²) in [6, 6.07) is 7.94. The third kappa shape index (κ3) is 2.89. The van der Waals surface area contributed by atoms with Gasteiger partial charge in [0.05, 0.1) is 12.6 Å². The molecule has 1 aliphatic rings. The number of carbonyl (C=O) groups excluding carboxylic acids is 1. The second-order valence-corrected chi connectivity index (χ2v) is 6.00. The van der Waals surface area contributed by atoms with Crippen LogP contribution in [0.4, 0.5) is 0 Å². The number of nitrogens with two attached hydrogens (primary N) is 1. The highest BCUT2D eigenvalue weighted by Gasteiger charge is 2.43. The van der Waals surface area contributed by atoms with Gasteiger partial charge in [0.2, 0.25) is 5.91 Å². The molecule has 5 heteroatoms. The maximum atomic E-state index is 12.4. The highest BCUT2D eigenvalue weighted by Crippen LogP contribution is 2.32. The fourth-order valence-electron chi connectivity index (χ4n) is 3.04. The zero-order chi connectivity index (χ0) is 15.6. The van der Waals surface area contributed by atoms with E-state index in [-0.39, 0.29) is 11.9 Å². The number of hydrogen-bond donors (Lipinski definition) is 1. The van der Waals surface area contributed by atoms with Crippen LogP contribution in [0.3, 0.4) is 0 Å². The van der Waals surface area contributed by atoms with E-state index in [4.69, 9.17) is 10.5 Å². The van der Waals surface area contributed by atoms with Gasteiger partial charge >= 0.3 is 0 Å². The van der Waals surface area contributed by atoms with E-state index in [1.54, 1.807) is 12.0 Å². The Morgan fingerprint density at radius 3 is 2.43 bits per heavy atom. The lowest BCUT2D eigenvalue weighted by Crippen LogP contribution is -2.63. The Balaban J connectivity index is 2.29. The van der Waals surface area contributed by atoms with Crippen LogP contribution in [0.25, 0.3) is 0 Å². The lowest BCUT2D eigenvalue weighted by Gasteiger charge is -2.48. The topological polar surface area (TPSA) is 58.8 Å². The predicted octanol–water partition coefficient (Wildman–Crippen LogP) is 1.25. The first kappa shape index (κ1) is 15.8. The number of rotatable bonds is 4. The van der Waals surface area contributed by atoms with Crippen molar-refractivity contribution >= 4 is 5.91 Å². The summed E-state index contributed by atoms with van der Waals surface area (Å²) in [7, 11) is 3.50. The van der Waals surface area contributed by atoms with Crippen LogP contribution in [-0.2, 0) is 4.79 Å². The molecule has 1 fully saturated rings. The molecule has 1 atom stereocenters. The zero-order valence-corrected chi connectivity index (χ0v) is 13.3. The van der Waals surface area contributed by atoms with Gasteiger partial charge < -0.3 is 15.4 Å². The molecule has 1 aromatic carbocycles. The number of carbonyl (C=O) groups is 1. The number of benzene rings is 1. The second kappa shape index (κ2) is 6.03. The summed E-state index contributed by atoms with van der Waals surface area (Å²) in [4.78, 5) is 16.4. The molecule has 1 unspecified atom stereocenters. The molecule has 0 spiro atoms. The fourth-order valence-corrected chi connectivity index (χ4v) is 3.04. The van der Waals surface area contributed by atoms with Gasteiger partial charge in [0, 0.05) is 32.7 Å². The van der Waals surface area contributed by atoms with Crippen LogP contribution in [-0.4, -0.2) is 55.0 Å². The van der Waals surface area contributed by atoms with Crippen molar-refractivity contribution in [2.45, 2.75) is 25.4 Å². The summed E-state index contributed by atoms with van der Waals surface area (Å²) >= 11 is 0. The zero-order valence-electron chi connectivity index (χ0n) is 13.3. The van der Waals surface area contributed by atoms with Gasteiger partial charge in [-0.3, -0.25) is 9.69 Å².